The molecule has 1 aromatic rings. The molecule has 5 heteroatoms. The van der Waals surface area contributed by atoms with E-state index in [0.29, 0.717) is 25.9 Å². The third-order valence-corrected chi connectivity index (χ3v) is 2.93. The number of carbonyl (C=O) groups is 2. The molecule has 0 heterocycles. The molecular formula is C16H23FN2O2. The molecule has 21 heavy (non-hydrogen) atoms. The molecule has 0 radical (unpaired) electrons. The smallest absolute Gasteiger partial charge is 0.225 e. The zero-order valence-electron chi connectivity index (χ0n) is 12.8. The van der Waals surface area contributed by atoms with Crippen LogP contribution in [-0.2, 0) is 16.1 Å². The second-order valence-electron chi connectivity index (χ2n) is 6.02. The molecule has 0 atom stereocenters. The molecule has 0 saturated carbocycles. The van der Waals surface area contributed by atoms with Crippen molar-refractivity contribution < 1.29 is 14.0 Å². The van der Waals surface area contributed by atoms with Crippen LogP contribution in [0.4, 0.5) is 4.39 Å². The summed E-state index contributed by atoms with van der Waals surface area (Å²) in [5, 5.41) is 5.52. The molecule has 0 aliphatic rings. The van der Waals surface area contributed by atoms with E-state index in [0.717, 1.165) is 5.56 Å². The van der Waals surface area contributed by atoms with Crippen molar-refractivity contribution in [3.63, 3.8) is 0 Å². The highest BCUT2D eigenvalue weighted by molar-refractivity contribution is 5.81. The summed E-state index contributed by atoms with van der Waals surface area (Å²) < 4.78 is 13.0. The highest BCUT2D eigenvalue weighted by Crippen LogP contribution is 2.12. The summed E-state index contributed by atoms with van der Waals surface area (Å²) in [6, 6.07) is 6.12. The fourth-order valence-electron chi connectivity index (χ4n) is 1.65. The fraction of sp³-hybridized carbons (Fsp3) is 0.500. The molecule has 0 saturated heterocycles. The van der Waals surface area contributed by atoms with Crippen LogP contribution >= 0.6 is 0 Å². The molecule has 0 aliphatic carbocycles. The van der Waals surface area contributed by atoms with Gasteiger partial charge in [-0.3, -0.25) is 9.59 Å². The minimum Gasteiger partial charge on any atom is -0.356 e. The van der Waals surface area contributed by atoms with Gasteiger partial charge in [0.15, 0.2) is 0 Å². The number of amides is 2. The summed E-state index contributed by atoms with van der Waals surface area (Å²) in [5.41, 5.74) is 0.309. The SMILES string of the molecule is CC(C)(C)C(=O)NCCCC(=O)NCc1cccc(F)c1. The Bertz CT molecular complexity index is 495. The lowest BCUT2D eigenvalue weighted by Crippen LogP contribution is -2.35. The average molecular weight is 294 g/mol. The van der Waals surface area contributed by atoms with Crippen LogP contribution in [0.25, 0.3) is 0 Å². The number of halogens is 1. The normalized spacial score (nSPS) is 11.0. The zero-order chi connectivity index (χ0) is 15.9. The number of nitrogens with one attached hydrogen (secondary N) is 2. The van der Waals surface area contributed by atoms with Crippen LogP contribution in [0, 0.1) is 11.2 Å². The molecule has 0 spiro atoms. The quantitative estimate of drug-likeness (QED) is 0.791. The van der Waals surface area contributed by atoms with Gasteiger partial charge < -0.3 is 10.6 Å². The molecule has 2 amide bonds. The monoisotopic (exact) mass is 294 g/mol. The molecule has 1 rings (SSSR count). The van der Waals surface area contributed by atoms with E-state index in [1.165, 1.54) is 12.1 Å². The maximum Gasteiger partial charge on any atom is 0.225 e. The second kappa shape index (κ2) is 7.76. The Hall–Kier alpha value is -1.91. The topological polar surface area (TPSA) is 58.2 Å². The van der Waals surface area contributed by atoms with Gasteiger partial charge in [-0.2, -0.15) is 0 Å². The lowest BCUT2D eigenvalue weighted by molar-refractivity contribution is -0.128. The largest absolute Gasteiger partial charge is 0.356 e. The van der Waals surface area contributed by atoms with Gasteiger partial charge in [-0.25, -0.2) is 4.39 Å². The van der Waals surface area contributed by atoms with Gasteiger partial charge in [0.2, 0.25) is 11.8 Å². The first kappa shape index (κ1) is 17.1. The van der Waals surface area contributed by atoms with E-state index < -0.39 is 5.41 Å². The van der Waals surface area contributed by atoms with E-state index in [-0.39, 0.29) is 17.6 Å². The van der Waals surface area contributed by atoms with Crippen molar-refractivity contribution in [2.45, 2.75) is 40.2 Å². The Morgan fingerprint density at radius 3 is 2.52 bits per heavy atom. The average Bonchev–Trinajstić information content (AvgIpc) is 2.40. The summed E-state index contributed by atoms with van der Waals surface area (Å²) in [6.07, 6.45) is 0.913. The first-order chi connectivity index (χ1) is 9.79. The van der Waals surface area contributed by atoms with Gasteiger partial charge in [-0.15, -0.1) is 0 Å². The summed E-state index contributed by atoms with van der Waals surface area (Å²) >= 11 is 0. The van der Waals surface area contributed by atoms with Crippen molar-refractivity contribution >= 4 is 11.8 Å². The predicted octanol–water partition coefficient (Wildman–Crippen LogP) is 2.38. The van der Waals surface area contributed by atoms with Crippen molar-refractivity contribution in [3.8, 4) is 0 Å². The predicted molar refractivity (Wildman–Crippen MR) is 79.9 cm³/mol. The molecule has 0 bridgehead atoms. The van der Waals surface area contributed by atoms with E-state index in [1.807, 2.05) is 20.8 Å². The van der Waals surface area contributed by atoms with Gasteiger partial charge in [0.05, 0.1) is 0 Å². The van der Waals surface area contributed by atoms with E-state index >= 15 is 0 Å². The molecule has 0 unspecified atom stereocenters. The van der Waals surface area contributed by atoms with Crippen LogP contribution in [0.2, 0.25) is 0 Å². The van der Waals surface area contributed by atoms with Crippen molar-refractivity contribution in [1.82, 2.24) is 10.6 Å². The van der Waals surface area contributed by atoms with Crippen molar-refractivity contribution in [2.24, 2.45) is 5.41 Å². The van der Waals surface area contributed by atoms with E-state index in [1.54, 1.807) is 12.1 Å². The van der Waals surface area contributed by atoms with Gasteiger partial charge in [0.1, 0.15) is 5.82 Å². The summed E-state index contributed by atoms with van der Waals surface area (Å²) in [6.45, 7) is 6.31. The lowest BCUT2D eigenvalue weighted by atomic mass is 9.96. The van der Waals surface area contributed by atoms with Gasteiger partial charge in [0.25, 0.3) is 0 Å². The summed E-state index contributed by atoms with van der Waals surface area (Å²) in [4.78, 5) is 23.2. The van der Waals surface area contributed by atoms with Crippen LogP contribution in [-0.4, -0.2) is 18.4 Å². The molecule has 4 nitrogen and oxygen atoms in total. The van der Waals surface area contributed by atoms with Crippen LogP contribution in [0.15, 0.2) is 24.3 Å². The van der Waals surface area contributed by atoms with Crippen molar-refractivity contribution in [1.29, 1.82) is 0 Å². The Morgan fingerprint density at radius 1 is 1.19 bits per heavy atom. The molecule has 0 fully saturated rings. The number of hydrogen-bond acceptors (Lipinski definition) is 2. The molecule has 0 aromatic heterocycles. The van der Waals surface area contributed by atoms with E-state index in [2.05, 4.69) is 10.6 Å². The Kier molecular flexibility index (Phi) is 6.34. The summed E-state index contributed by atoms with van der Waals surface area (Å²) in [7, 11) is 0. The number of benzene rings is 1. The van der Waals surface area contributed by atoms with Gasteiger partial charge in [-0.1, -0.05) is 32.9 Å². The first-order valence-corrected chi connectivity index (χ1v) is 7.08. The number of carbonyl (C=O) groups excluding carboxylic acids is 2. The second-order valence-corrected chi connectivity index (χ2v) is 6.02. The number of rotatable bonds is 6. The minimum atomic E-state index is -0.417. The van der Waals surface area contributed by atoms with Gasteiger partial charge in [0, 0.05) is 24.9 Å². The maximum atomic E-state index is 13.0. The van der Waals surface area contributed by atoms with Crippen molar-refractivity contribution in [3.05, 3.63) is 35.6 Å². The van der Waals surface area contributed by atoms with Crippen LogP contribution < -0.4 is 10.6 Å². The Balaban J connectivity index is 2.19. The highest BCUT2D eigenvalue weighted by atomic mass is 19.1. The van der Waals surface area contributed by atoms with Crippen LogP contribution in [0.5, 0.6) is 0 Å². The molecule has 1 aromatic carbocycles. The van der Waals surface area contributed by atoms with Gasteiger partial charge in [-0.05, 0) is 24.1 Å². The molecule has 116 valence electrons. The molecule has 2 N–H and O–H groups in total. The maximum absolute atomic E-state index is 13.0. The molecule has 0 aliphatic heterocycles. The Labute approximate surface area is 125 Å². The third kappa shape index (κ3) is 6.88. The van der Waals surface area contributed by atoms with Crippen LogP contribution in [0.1, 0.15) is 39.2 Å². The zero-order valence-corrected chi connectivity index (χ0v) is 12.8. The van der Waals surface area contributed by atoms with Crippen molar-refractivity contribution in [2.75, 3.05) is 6.54 Å². The van der Waals surface area contributed by atoms with Gasteiger partial charge >= 0.3 is 0 Å². The van der Waals surface area contributed by atoms with E-state index in [9.17, 15) is 14.0 Å². The van der Waals surface area contributed by atoms with E-state index in [4.69, 9.17) is 0 Å². The van der Waals surface area contributed by atoms with Crippen LogP contribution in [0.3, 0.4) is 0 Å². The fourth-order valence-corrected chi connectivity index (χ4v) is 1.65. The summed E-state index contributed by atoms with van der Waals surface area (Å²) in [5.74, 6) is -0.446. The Morgan fingerprint density at radius 2 is 1.90 bits per heavy atom. The minimum absolute atomic E-state index is 0.0253. The standard InChI is InChI=1S/C16H23FN2O2/c1-16(2,3)15(21)18-9-5-8-14(20)19-11-12-6-4-7-13(17)10-12/h4,6-7,10H,5,8-9,11H2,1-3H3,(H,18,21)(H,19,20). The number of hydrogen-bond donors (Lipinski definition) is 2. The molecular weight excluding hydrogens is 271 g/mol. The third-order valence-electron chi connectivity index (χ3n) is 2.93. The first-order valence-electron chi connectivity index (χ1n) is 7.08. The highest BCUT2D eigenvalue weighted by Gasteiger charge is 2.20. The lowest BCUT2D eigenvalue weighted by Gasteiger charge is -2.17.